The van der Waals surface area contributed by atoms with Crippen molar-refractivity contribution in [2.75, 3.05) is 0 Å². The lowest BCUT2D eigenvalue weighted by Gasteiger charge is -2.19. The molecule has 4 nitrogen and oxygen atoms in total. The number of hydrogen-bond donors (Lipinski definition) is 2. The first kappa shape index (κ1) is 16.0. The Balaban J connectivity index is 2.68. The van der Waals surface area contributed by atoms with E-state index >= 15 is 0 Å². The van der Waals surface area contributed by atoms with Crippen molar-refractivity contribution in [1.29, 1.82) is 0 Å². The van der Waals surface area contributed by atoms with Crippen molar-refractivity contribution in [2.24, 2.45) is 5.73 Å². The maximum atomic E-state index is 14.2. The van der Waals surface area contributed by atoms with Crippen LogP contribution in [0.3, 0.4) is 0 Å². The van der Waals surface area contributed by atoms with Gasteiger partial charge in [0.1, 0.15) is 28.8 Å². The quantitative estimate of drug-likeness (QED) is 0.914. The highest BCUT2D eigenvalue weighted by atomic mass is 19.1. The zero-order chi connectivity index (χ0) is 16.7. The van der Waals surface area contributed by atoms with Crippen LogP contribution in [0, 0.1) is 17.5 Å². The second-order valence-corrected chi connectivity index (χ2v) is 5.27. The molecule has 1 heterocycles. The number of benzene rings is 1. The van der Waals surface area contributed by atoms with Crippen LogP contribution in [0.15, 0.2) is 24.3 Å². The maximum Gasteiger partial charge on any atom is 0.267 e. The number of aromatic nitrogens is 1. The molecule has 2 rings (SSSR count). The van der Waals surface area contributed by atoms with Crippen LogP contribution in [0.2, 0.25) is 0 Å². The summed E-state index contributed by atoms with van der Waals surface area (Å²) >= 11 is 0. The molecule has 0 aliphatic carbocycles. The van der Waals surface area contributed by atoms with Crippen LogP contribution in [0.1, 0.15) is 29.9 Å². The molecule has 0 aliphatic rings. The number of rotatable bonds is 3. The van der Waals surface area contributed by atoms with E-state index in [9.17, 15) is 23.1 Å². The molecule has 0 atom stereocenters. The van der Waals surface area contributed by atoms with Crippen LogP contribution in [-0.2, 0) is 5.60 Å². The van der Waals surface area contributed by atoms with Crippen LogP contribution in [0.25, 0.3) is 11.3 Å². The normalized spacial score (nSPS) is 11.5. The number of primary amides is 1. The molecule has 1 amide bonds. The van der Waals surface area contributed by atoms with Gasteiger partial charge in [-0.1, -0.05) is 0 Å². The number of carbonyl (C=O) groups is 1. The summed E-state index contributed by atoms with van der Waals surface area (Å²) in [5.74, 6) is -4.16. The molecular formula is C15H13F3N2O2. The molecule has 116 valence electrons. The Hall–Kier alpha value is -2.41. The van der Waals surface area contributed by atoms with Gasteiger partial charge in [-0.2, -0.15) is 0 Å². The van der Waals surface area contributed by atoms with Crippen LogP contribution in [0.4, 0.5) is 13.2 Å². The van der Waals surface area contributed by atoms with Crippen LogP contribution in [-0.4, -0.2) is 16.0 Å². The van der Waals surface area contributed by atoms with Crippen LogP contribution >= 0.6 is 0 Å². The van der Waals surface area contributed by atoms with Crippen molar-refractivity contribution in [2.45, 2.75) is 19.4 Å². The third kappa shape index (κ3) is 2.94. The lowest BCUT2D eigenvalue weighted by molar-refractivity contribution is 0.0778. The monoisotopic (exact) mass is 310 g/mol. The largest absolute Gasteiger partial charge is 0.386 e. The fourth-order valence-electron chi connectivity index (χ4n) is 1.91. The zero-order valence-electron chi connectivity index (χ0n) is 11.8. The van der Waals surface area contributed by atoms with Gasteiger partial charge in [0.2, 0.25) is 0 Å². The van der Waals surface area contributed by atoms with E-state index in [0.717, 1.165) is 24.3 Å². The average molecular weight is 310 g/mol. The van der Waals surface area contributed by atoms with Gasteiger partial charge in [0.25, 0.3) is 5.91 Å². The zero-order valence-corrected chi connectivity index (χ0v) is 11.8. The van der Waals surface area contributed by atoms with Crippen molar-refractivity contribution in [3.8, 4) is 11.3 Å². The number of nitrogens with two attached hydrogens (primary N) is 1. The topological polar surface area (TPSA) is 76.2 Å². The van der Waals surface area contributed by atoms with Gasteiger partial charge in [-0.15, -0.1) is 0 Å². The van der Waals surface area contributed by atoms with Gasteiger partial charge < -0.3 is 10.8 Å². The summed E-state index contributed by atoms with van der Waals surface area (Å²) in [5, 5.41) is 9.79. The fourth-order valence-corrected chi connectivity index (χ4v) is 1.91. The smallest absolute Gasteiger partial charge is 0.267 e. The second kappa shape index (κ2) is 5.42. The van der Waals surface area contributed by atoms with E-state index in [0.29, 0.717) is 0 Å². The number of halogens is 3. The summed E-state index contributed by atoms with van der Waals surface area (Å²) in [6.07, 6.45) is 0. The Bertz CT molecular complexity index is 732. The molecule has 2 aromatic rings. The van der Waals surface area contributed by atoms with Crippen molar-refractivity contribution >= 4 is 5.91 Å². The number of carbonyl (C=O) groups excluding carboxylic acids is 1. The minimum Gasteiger partial charge on any atom is -0.386 e. The Labute approximate surface area is 124 Å². The molecule has 0 radical (unpaired) electrons. The first-order chi connectivity index (χ1) is 10.1. The summed E-state index contributed by atoms with van der Waals surface area (Å²) in [7, 11) is 0. The van der Waals surface area contributed by atoms with E-state index in [1.807, 2.05) is 0 Å². The predicted octanol–water partition coefficient (Wildman–Crippen LogP) is 2.49. The molecule has 0 unspecified atom stereocenters. The van der Waals surface area contributed by atoms with Gasteiger partial charge in [-0.25, -0.2) is 18.2 Å². The minimum absolute atomic E-state index is 0.0160. The van der Waals surface area contributed by atoms with Crippen molar-refractivity contribution < 1.29 is 23.1 Å². The van der Waals surface area contributed by atoms with Crippen molar-refractivity contribution in [3.05, 3.63) is 53.0 Å². The lowest BCUT2D eigenvalue weighted by atomic mass is 9.95. The molecule has 3 N–H and O–H groups in total. The molecule has 1 aromatic heterocycles. The standard InChI is InChI=1S/C15H13F3N2O2/c1-15(2,22)7-5-9(17)12(10(18)6-7)13-8(16)3-4-11(20-13)14(19)21/h3-6,22H,1-2H3,(H2,19,21). The summed E-state index contributed by atoms with van der Waals surface area (Å²) < 4.78 is 42.1. The number of amides is 1. The van der Waals surface area contributed by atoms with Gasteiger partial charge in [0, 0.05) is 0 Å². The SMILES string of the molecule is CC(C)(O)c1cc(F)c(-c2nc(C(N)=O)ccc2F)c(F)c1. The number of pyridine rings is 1. The van der Waals surface area contributed by atoms with E-state index in [1.165, 1.54) is 13.8 Å². The Morgan fingerprint density at radius 1 is 1.14 bits per heavy atom. The highest BCUT2D eigenvalue weighted by Gasteiger charge is 2.24. The number of nitrogens with zero attached hydrogens (tertiary/aromatic N) is 1. The lowest BCUT2D eigenvalue weighted by Crippen LogP contribution is -2.17. The van der Waals surface area contributed by atoms with Gasteiger partial charge >= 0.3 is 0 Å². The van der Waals surface area contributed by atoms with Crippen LogP contribution in [0.5, 0.6) is 0 Å². The molecule has 1 aromatic carbocycles. The van der Waals surface area contributed by atoms with Gasteiger partial charge in [0.15, 0.2) is 0 Å². The Morgan fingerprint density at radius 3 is 2.14 bits per heavy atom. The van der Waals surface area contributed by atoms with Gasteiger partial charge in [-0.05, 0) is 43.7 Å². The summed E-state index contributed by atoms with van der Waals surface area (Å²) in [6.45, 7) is 2.71. The molecular weight excluding hydrogens is 297 g/mol. The molecule has 0 saturated carbocycles. The summed E-state index contributed by atoms with van der Waals surface area (Å²) in [6, 6.07) is 3.64. The van der Waals surface area contributed by atoms with E-state index in [2.05, 4.69) is 4.98 Å². The third-order valence-corrected chi connectivity index (χ3v) is 3.08. The molecule has 0 saturated heterocycles. The highest BCUT2D eigenvalue weighted by Crippen LogP contribution is 2.31. The second-order valence-electron chi connectivity index (χ2n) is 5.27. The van der Waals surface area contributed by atoms with Crippen molar-refractivity contribution in [1.82, 2.24) is 4.98 Å². The first-order valence-electron chi connectivity index (χ1n) is 6.30. The highest BCUT2D eigenvalue weighted by molar-refractivity contribution is 5.91. The van der Waals surface area contributed by atoms with E-state index < -0.39 is 40.2 Å². The maximum absolute atomic E-state index is 14.2. The number of aliphatic hydroxyl groups is 1. The van der Waals surface area contributed by atoms with E-state index in [4.69, 9.17) is 5.73 Å². The third-order valence-electron chi connectivity index (χ3n) is 3.08. The fraction of sp³-hybridized carbons (Fsp3) is 0.200. The molecule has 7 heteroatoms. The minimum atomic E-state index is -1.47. The van der Waals surface area contributed by atoms with Crippen LogP contribution < -0.4 is 5.73 Å². The summed E-state index contributed by atoms with van der Waals surface area (Å²) in [4.78, 5) is 14.6. The summed E-state index contributed by atoms with van der Waals surface area (Å²) in [5.41, 5.74) is 1.83. The average Bonchev–Trinajstić information content (AvgIpc) is 2.38. The first-order valence-corrected chi connectivity index (χ1v) is 6.30. The molecule has 0 bridgehead atoms. The van der Waals surface area contributed by atoms with E-state index in [-0.39, 0.29) is 11.3 Å². The Morgan fingerprint density at radius 2 is 1.68 bits per heavy atom. The molecule has 0 fully saturated rings. The van der Waals surface area contributed by atoms with Gasteiger partial charge in [0.05, 0.1) is 11.2 Å². The molecule has 22 heavy (non-hydrogen) atoms. The molecule has 0 spiro atoms. The number of hydrogen-bond acceptors (Lipinski definition) is 3. The Kier molecular flexibility index (Phi) is 3.93. The predicted molar refractivity (Wildman–Crippen MR) is 73.3 cm³/mol. The van der Waals surface area contributed by atoms with Gasteiger partial charge in [-0.3, -0.25) is 4.79 Å². The van der Waals surface area contributed by atoms with Crippen molar-refractivity contribution in [3.63, 3.8) is 0 Å². The van der Waals surface area contributed by atoms with E-state index in [1.54, 1.807) is 0 Å². The molecule has 0 aliphatic heterocycles.